The van der Waals surface area contributed by atoms with E-state index in [2.05, 4.69) is 0 Å². The molecule has 0 atom stereocenters. The monoisotopic (exact) mass is 308 g/mol. The van der Waals surface area contributed by atoms with Crippen LogP contribution >= 0.6 is 11.8 Å². The summed E-state index contributed by atoms with van der Waals surface area (Å²) in [6.45, 7) is 1.48. The van der Waals surface area contributed by atoms with Gasteiger partial charge in [-0.05, 0) is 23.8 Å². The van der Waals surface area contributed by atoms with E-state index in [1.54, 1.807) is 18.2 Å². The third-order valence-corrected chi connectivity index (χ3v) is 3.21. The van der Waals surface area contributed by atoms with Crippen LogP contribution in [0.15, 0.2) is 24.3 Å². The van der Waals surface area contributed by atoms with Crippen molar-refractivity contribution in [2.45, 2.75) is 6.92 Å². The Balaban J connectivity index is 3.03. The second kappa shape index (κ2) is 8.16. The molecule has 0 aliphatic rings. The number of phenolic OH excluding ortho intramolecular Hbond substituents is 1. The molecule has 0 radical (unpaired) electrons. The lowest BCUT2D eigenvalue weighted by Gasteiger charge is -2.08. The molecule has 0 unspecified atom stereocenters. The van der Waals surface area contributed by atoms with Crippen molar-refractivity contribution in [2.75, 3.05) is 12.9 Å². The lowest BCUT2D eigenvalue weighted by atomic mass is 10.1. The van der Waals surface area contributed by atoms with Gasteiger partial charge in [0.25, 0.3) is 0 Å². The Bertz CT molecular complexity index is 590. The molecule has 0 aromatic heterocycles. The van der Waals surface area contributed by atoms with Crippen LogP contribution in [0.5, 0.6) is 11.5 Å². The van der Waals surface area contributed by atoms with Gasteiger partial charge in [-0.2, -0.15) is 0 Å². The standard InChI is InChI=1S/C15H16O5S/c1-10(16)21-7-3-4-12-8-11(5-6-14(17)18)9-13(20-2)15(12)19/h3-6,8-9,19H,7H2,1-2H3,(H,17,18). The van der Waals surface area contributed by atoms with Gasteiger partial charge in [-0.1, -0.05) is 23.9 Å². The molecule has 1 rings (SSSR count). The van der Waals surface area contributed by atoms with Gasteiger partial charge in [-0.3, -0.25) is 4.79 Å². The minimum atomic E-state index is -1.06. The summed E-state index contributed by atoms with van der Waals surface area (Å²) in [6, 6.07) is 3.17. The minimum absolute atomic E-state index is 0.0135. The zero-order valence-electron chi connectivity index (χ0n) is 11.7. The summed E-state index contributed by atoms with van der Waals surface area (Å²) in [5.41, 5.74) is 1.08. The topological polar surface area (TPSA) is 83.8 Å². The molecule has 0 saturated carbocycles. The van der Waals surface area contributed by atoms with E-state index in [1.807, 2.05) is 0 Å². The summed E-state index contributed by atoms with van der Waals surface area (Å²) in [6.07, 6.45) is 5.81. The van der Waals surface area contributed by atoms with Crippen LogP contribution in [0.1, 0.15) is 18.1 Å². The molecule has 6 heteroatoms. The van der Waals surface area contributed by atoms with Gasteiger partial charge in [0.1, 0.15) is 0 Å². The number of carboxylic acids is 1. The van der Waals surface area contributed by atoms with Crippen molar-refractivity contribution in [2.24, 2.45) is 0 Å². The molecule has 5 nitrogen and oxygen atoms in total. The highest BCUT2D eigenvalue weighted by Gasteiger charge is 2.07. The Morgan fingerprint density at radius 2 is 2.05 bits per heavy atom. The number of carbonyl (C=O) groups excluding carboxylic acids is 1. The van der Waals surface area contributed by atoms with Crippen LogP contribution < -0.4 is 4.74 Å². The Labute approximate surface area is 126 Å². The van der Waals surface area contributed by atoms with Crippen LogP contribution in [0.25, 0.3) is 12.2 Å². The van der Waals surface area contributed by atoms with E-state index in [0.29, 0.717) is 16.9 Å². The number of carbonyl (C=O) groups is 2. The smallest absolute Gasteiger partial charge is 0.328 e. The number of benzene rings is 1. The number of hydrogen-bond donors (Lipinski definition) is 2. The molecule has 21 heavy (non-hydrogen) atoms. The molecular formula is C15H16O5S. The van der Waals surface area contributed by atoms with Crippen LogP contribution in [0.2, 0.25) is 0 Å². The first-order valence-electron chi connectivity index (χ1n) is 6.06. The highest BCUT2D eigenvalue weighted by atomic mass is 32.2. The molecule has 0 aliphatic carbocycles. The molecule has 0 heterocycles. The van der Waals surface area contributed by atoms with Crippen molar-refractivity contribution in [3.05, 3.63) is 35.4 Å². The van der Waals surface area contributed by atoms with Crippen molar-refractivity contribution < 1.29 is 24.5 Å². The molecule has 0 fully saturated rings. The van der Waals surface area contributed by atoms with Gasteiger partial charge in [0.15, 0.2) is 16.6 Å². The third kappa shape index (κ3) is 5.74. The van der Waals surface area contributed by atoms with Gasteiger partial charge in [0.05, 0.1) is 7.11 Å². The summed E-state index contributed by atoms with van der Waals surface area (Å²) >= 11 is 1.15. The number of carboxylic acid groups (broad SMARTS) is 1. The first-order chi connectivity index (χ1) is 9.93. The van der Waals surface area contributed by atoms with Crippen molar-refractivity contribution >= 4 is 35.0 Å². The lowest BCUT2D eigenvalue weighted by molar-refractivity contribution is -0.131. The number of thioether (sulfide) groups is 1. The summed E-state index contributed by atoms with van der Waals surface area (Å²) in [4.78, 5) is 21.4. The average molecular weight is 308 g/mol. The molecule has 0 aliphatic heterocycles. The molecule has 0 saturated heterocycles. The zero-order valence-corrected chi connectivity index (χ0v) is 12.5. The molecule has 0 spiro atoms. The zero-order chi connectivity index (χ0) is 15.8. The Hall–Kier alpha value is -2.21. The second-order valence-electron chi connectivity index (χ2n) is 4.04. The Kier molecular flexibility index (Phi) is 6.55. The van der Waals surface area contributed by atoms with Crippen molar-refractivity contribution in [3.63, 3.8) is 0 Å². The molecule has 112 valence electrons. The van der Waals surface area contributed by atoms with Crippen LogP contribution in [0, 0.1) is 0 Å². The van der Waals surface area contributed by atoms with Crippen LogP contribution in [-0.4, -0.2) is 34.2 Å². The maximum Gasteiger partial charge on any atom is 0.328 e. The number of aromatic hydroxyl groups is 1. The highest BCUT2D eigenvalue weighted by molar-refractivity contribution is 8.13. The first kappa shape index (κ1) is 16.8. The largest absolute Gasteiger partial charge is 0.504 e. The molecule has 1 aromatic carbocycles. The quantitative estimate of drug-likeness (QED) is 0.786. The normalized spacial score (nSPS) is 11.1. The predicted molar refractivity (Wildman–Crippen MR) is 83.5 cm³/mol. The van der Waals surface area contributed by atoms with Gasteiger partial charge in [-0.25, -0.2) is 4.79 Å². The van der Waals surface area contributed by atoms with Gasteiger partial charge >= 0.3 is 5.97 Å². The van der Waals surface area contributed by atoms with Crippen LogP contribution in [0.4, 0.5) is 0 Å². The first-order valence-corrected chi connectivity index (χ1v) is 7.04. The fraction of sp³-hybridized carbons (Fsp3) is 0.200. The Morgan fingerprint density at radius 3 is 2.62 bits per heavy atom. The highest BCUT2D eigenvalue weighted by Crippen LogP contribution is 2.33. The fourth-order valence-electron chi connectivity index (χ4n) is 1.54. The van der Waals surface area contributed by atoms with E-state index in [1.165, 1.54) is 26.2 Å². The number of ether oxygens (including phenoxy) is 1. The molecule has 1 aromatic rings. The summed E-state index contributed by atoms with van der Waals surface area (Å²) in [7, 11) is 1.42. The Morgan fingerprint density at radius 1 is 1.33 bits per heavy atom. The van der Waals surface area contributed by atoms with E-state index >= 15 is 0 Å². The molecule has 0 bridgehead atoms. The van der Waals surface area contributed by atoms with E-state index < -0.39 is 5.97 Å². The average Bonchev–Trinajstić information content (AvgIpc) is 2.43. The van der Waals surface area contributed by atoms with E-state index in [9.17, 15) is 14.7 Å². The number of hydrogen-bond acceptors (Lipinski definition) is 5. The summed E-state index contributed by atoms with van der Waals surface area (Å²) < 4.78 is 5.05. The fourth-order valence-corrected chi connectivity index (χ4v) is 1.97. The third-order valence-electron chi connectivity index (χ3n) is 2.45. The summed E-state index contributed by atoms with van der Waals surface area (Å²) in [5.74, 6) is -0.348. The van der Waals surface area contributed by atoms with E-state index in [4.69, 9.17) is 9.84 Å². The SMILES string of the molecule is COc1cc(C=CC(=O)O)cc(C=CCSC(C)=O)c1O. The van der Waals surface area contributed by atoms with Gasteiger partial charge in [0, 0.05) is 24.3 Å². The number of methoxy groups -OCH3 is 1. The maximum atomic E-state index is 10.8. The predicted octanol–water partition coefficient (Wildman–Crippen LogP) is 2.79. The van der Waals surface area contributed by atoms with Crippen molar-refractivity contribution in [1.29, 1.82) is 0 Å². The molecular weight excluding hydrogens is 292 g/mol. The number of aliphatic carboxylic acids is 1. The van der Waals surface area contributed by atoms with E-state index in [0.717, 1.165) is 17.8 Å². The maximum absolute atomic E-state index is 10.8. The molecule has 2 N–H and O–H groups in total. The second-order valence-corrected chi connectivity index (χ2v) is 5.23. The van der Waals surface area contributed by atoms with Gasteiger partial charge in [0.2, 0.25) is 0 Å². The number of phenols is 1. The van der Waals surface area contributed by atoms with Crippen LogP contribution in [0.3, 0.4) is 0 Å². The minimum Gasteiger partial charge on any atom is -0.504 e. The number of rotatable bonds is 6. The van der Waals surface area contributed by atoms with Crippen LogP contribution in [-0.2, 0) is 9.59 Å². The van der Waals surface area contributed by atoms with Gasteiger partial charge < -0.3 is 14.9 Å². The summed E-state index contributed by atoms with van der Waals surface area (Å²) in [5, 5.41) is 18.7. The van der Waals surface area contributed by atoms with Gasteiger partial charge in [-0.15, -0.1) is 0 Å². The molecule has 0 amide bonds. The lowest BCUT2D eigenvalue weighted by Crippen LogP contribution is -1.90. The van der Waals surface area contributed by atoms with Crippen molar-refractivity contribution in [1.82, 2.24) is 0 Å². The van der Waals surface area contributed by atoms with E-state index in [-0.39, 0.29) is 16.6 Å². The van der Waals surface area contributed by atoms with Crippen molar-refractivity contribution in [3.8, 4) is 11.5 Å².